The van der Waals surface area contributed by atoms with Gasteiger partial charge in [-0.05, 0) is 25.0 Å². The van der Waals surface area contributed by atoms with E-state index in [9.17, 15) is 9.59 Å². The number of carbonyl (C=O) groups excluding carboxylic acids is 2. The molecule has 0 N–H and O–H groups in total. The van der Waals surface area contributed by atoms with Crippen molar-refractivity contribution in [2.45, 2.75) is 90.9 Å². The molecule has 0 spiro atoms. The topological polar surface area (TPSA) is 52.6 Å². The molecule has 0 bridgehead atoms. The van der Waals surface area contributed by atoms with Crippen LogP contribution in [-0.4, -0.2) is 24.8 Å². The van der Waals surface area contributed by atoms with Crippen LogP contribution in [0.5, 0.6) is 11.5 Å². The van der Waals surface area contributed by atoms with Gasteiger partial charge < -0.3 is 9.47 Å². The van der Waals surface area contributed by atoms with Crippen molar-refractivity contribution >= 4 is 11.6 Å². The molecule has 0 heterocycles. The van der Waals surface area contributed by atoms with Crippen LogP contribution >= 0.6 is 0 Å². The summed E-state index contributed by atoms with van der Waals surface area (Å²) in [5.74, 6) is 0.881. The summed E-state index contributed by atoms with van der Waals surface area (Å²) in [5, 5.41) is 0. The normalized spacial score (nSPS) is 12.4. The molecule has 0 fully saturated rings. The van der Waals surface area contributed by atoms with E-state index in [1.165, 1.54) is 51.4 Å². The van der Waals surface area contributed by atoms with Crippen LogP contribution in [0.25, 0.3) is 0 Å². The lowest BCUT2D eigenvalue weighted by molar-refractivity contribution is 0.0978. The van der Waals surface area contributed by atoms with E-state index in [0.717, 1.165) is 25.7 Å². The second kappa shape index (κ2) is 13.9. The first-order valence-electron chi connectivity index (χ1n) is 13.3. The molecular formula is C30H40O4. The SMILES string of the molecule is CCCCCCCCOc1cc2c(cc1OCCCCCCCC)C(=O)c1ccccc1C2=O. The zero-order valence-electron chi connectivity index (χ0n) is 21.0. The lowest BCUT2D eigenvalue weighted by Gasteiger charge is -2.21. The predicted molar refractivity (Wildman–Crippen MR) is 137 cm³/mol. The smallest absolute Gasteiger partial charge is 0.194 e. The Kier molecular flexibility index (Phi) is 10.7. The van der Waals surface area contributed by atoms with Gasteiger partial charge in [0.2, 0.25) is 0 Å². The van der Waals surface area contributed by atoms with Crippen molar-refractivity contribution in [3.8, 4) is 11.5 Å². The first-order valence-corrected chi connectivity index (χ1v) is 13.3. The first kappa shape index (κ1) is 26.0. The maximum Gasteiger partial charge on any atom is 0.194 e. The van der Waals surface area contributed by atoms with Crippen LogP contribution in [0.1, 0.15) is 123 Å². The monoisotopic (exact) mass is 464 g/mol. The number of hydrogen-bond acceptors (Lipinski definition) is 4. The van der Waals surface area contributed by atoms with Gasteiger partial charge in [0.1, 0.15) is 0 Å². The van der Waals surface area contributed by atoms with Crippen LogP contribution in [0.4, 0.5) is 0 Å². The second-order valence-corrected chi connectivity index (χ2v) is 9.28. The van der Waals surface area contributed by atoms with Gasteiger partial charge in [-0.1, -0.05) is 102 Å². The van der Waals surface area contributed by atoms with Gasteiger partial charge in [0.15, 0.2) is 23.1 Å². The summed E-state index contributed by atoms with van der Waals surface area (Å²) in [7, 11) is 0. The average molecular weight is 465 g/mol. The summed E-state index contributed by atoms with van der Waals surface area (Å²) in [6.07, 6.45) is 14.2. The Balaban J connectivity index is 1.70. The summed E-state index contributed by atoms with van der Waals surface area (Å²) in [6, 6.07) is 10.5. The number of rotatable bonds is 16. The van der Waals surface area contributed by atoms with Crippen molar-refractivity contribution in [2.24, 2.45) is 0 Å². The molecule has 0 aromatic heterocycles. The van der Waals surface area contributed by atoms with Gasteiger partial charge in [-0.3, -0.25) is 9.59 Å². The van der Waals surface area contributed by atoms with Crippen LogP contribution in [-0.2, 0) is 0 Å². The molecule has 0 radical (unpaired) electrons. The van der Waals surface area contributed by atoms with E-state index >= 15 is 0 Å². The van der Waals surface area contributed by atoms with Crippen molar-refractivity contribution in [3.05, 3.63) is 58.7 Å². The number of hydrogen-bond donors (Lipinski definition) is 0. The zero-order valence-corrected chi connectivity index (χ0v) is 21.0. The molecule has 4 nitrogen and oxygen atoms in total. The third-order valence-electron chi connectivity index (χ3n) is 6.50. The van der Waals surface area contributed by atoms with Gasteiger partial charge in [-0.2, -0.15) is 0 Å². The fourth-order valence-electron chi connectivity index (χ4n) is 4.46. The maximum atomic E-state index is 13.1. The minimum atomic E-state index is -0.128. The Morgan fingerprint density at radius 2 is 0.912 bits per heavy atom. The third kappa shape index (κ3) is 6.94. The summed E-state index contributed by atoms with van der Waals surface area (Å²) in [4.78, 5) is 26.3. The molecule has 1 aliphatic carbocycles. The molecule has 0 unspecified atom stereocenters. The molecular weight excluding hydrogens is 424 g/mol. The molecule has 2 aromatic rings. The number of carbonyl (C=O) groups is 2. The van der Waals surface area contributed by atoms with Gasteiger partial charge in [-0.25, -0.2) is 0 Å². The number of ether oxygens (including phenoxy) is 2. The van der Waals surface area contributed by atoms with Crippen LogP contribution in [0.2, 0.25) is 0 Å². The molecule has 3 rings (SSSR count). The zero-order chi connectivity index (χ0) is 24.2. The summed E-state index contributed by atoms with van der Waals surface area (Å²) >= 11 is 0. The van der Waals surface area contributed by atoms with Gasteiger partial charge in [-0.15, -0.1) is 0 Å². The Morgan fingerprint density at radius 3 is 1.32 bits per heavy atom. The number of fused-ring (bicyclic) bond motifs is 2. The highest BCUT2D eigenvalue weighted by Crippen LogP contribution is 2.36. The van der Waals surface area contributed by atoms with Crippen molar-refractivity contribution in [2.75, 3.05) is 13.2 Å². The van der Waals surface area contributed by atoms with Gasteiger partial charge in [0, 0.05) is 22.3 Å². The molecule has 34 heavy (non-hydrogen) atoms. The van der Waals surface area contributed by atoms with Crippen molar-refractivity contribution in [1.82, 2.24) is 0 Å². The first-order chi connectivity index (χ1) is 16.7. The average Bonchev–Trinajstić information content (AvgIpc) is 2.86. The minimum absolute atomic E-state index is 0.128. The van der Waals surface area contributed by atoms with E-state index in [1.807, 2.05) is 0 Å². The summed E-state index contributed by atoms with van der Waals surface area (Å²) < 4.78 is 12.2. The lowest BCUT2D eigenvalue weighted by Crippen LogP contribution is -2.21. The molecule has 0 amide bonds. The Morgan fingerprint density at radius 1 is 0.529 bits per heavy atom. The van der Waals surface area contributed by atoms with Crippen molar-refractivity contribution in [3.63, 3.8) is 0 Å². The van der Waals surface area contributed by atoms with Crippen LogP contribution in [0.15, 0.2) is 36.4 Å². The molecule has 0 atom stereocenters. The second-order valence-electron chi connectivity index (χ2n) is 9.28. The largest absolute Gasteiger partial charge is 0.490 e. The molecule has 0 saturated carbocycles. The predicted octanol–water partition coefficient (Wildman–Crippen LogP) is 7.94. The van der Waals surface area contributed by atoms with Gasteiger partial charge >= 0.3 is 0 Å². The molecule has 1 aliphatic rings. The van der Waals surface area contributed by atoms with E-state index in [1.54, 1.807) is 36.4 Å². The molecule has 0 aliphatic heterocycles. The van der Waals surface area contributed by atoms with E-state index in [0.29, 0.717) is 47.0 Å². The van der Waals surface area contributed by atoms with E-state index < -0.39 is 0 Å². The highest BCUT2D eigenvalue weighted by Gasteiger charge is 2.31. The lowest BCUT2D eigenvalue weighted by atomic mass is 9.84. The highest BCUT2D eigenvalue weighted by atomic mass is 16.5. The molecule has 0 saturated heterocycles. The molecule has 184 valence electrons. The Hall–Kier alpha value is -2.62. The Labute approximate surface area is 205 Å². The highest BCUT2D eigenvalue weighted by molar-refractivity contribution is 6.28. The fourth-order valence-corrected chi connectivity index (χ4v) is 4.46. The van der Waals surface area contributed by atoms with Crippen molar-refractivity contribution < 1.29 is 19.1 Å². The van der Waals surface area contributed by atoms with Gasteiger partial charge in [0.25, 0.3) is 0 Å². The van der Waals surface area contributed by atoms with Crippen molar-refractivity contribution in [1.29, 1.82) is 0 Å². The summed E-state index contributed by atoms with van der Waals surface area (Å²) in [5.41, 5.74) is 1.74. The van der Waals surface area contributed by atoms with Crippen LogP contribution < -0.4 is 9.47 Å². The van der Waals surface area contributed by atoms with Gasteiger partial charge in [0.05, 0.1) is 13.2 Å². The van der Waals surface area contributed by atoms with E-state index in [2.05, 4.69) is 13.8 Å². The molecule has 2 aromatic carbocycles. The molecule has 4 heteroatoms. The standard InChI is InChI=1S/C30H40O4/c1-3-5-7-9-11-15-19-33-27-21-25-26(22-28(27)34-20-16-12-10-8-6-4-2)30(32)24-18-14-13-17-23(24)29(25)31/h13-14,17-18,21-22H,3-12,15-16,19-20H2,1-2H3. The van der Waals surface area contributed by atoms with E-state index in [4.69, 9.17) is 9.47 Å². The quantitative estimate of drug-likeness (QED) is 0.202. The van der Waals surface area contributed by atoms with E-state index in [-0.39, 0.29) is 11.6 Å². The Bertz CT molecular complexity index is 871. The minimum Gasteiger partial charge on any atom is -0.490 e. The number of unbranched alkanes of at least 4 members (excludes halogenated alkanes) is 10. The third-order valence-corrected chi connectivity index (χ3v) is 6.50. The van der Waals surface area contributed by atoms with Crippen LogP contribution in [0, 0.1) is 0 Å². The fraction of sp³-hybridized carbons (Fsp3) is 0.533. The summed E-state index contributed by atoms with van der Waals surface area (Å²) in [6.45, 7) is 5.60. The van der Waals surface area contributed by atoms with Crippen LogP contribution in [0.3, 0.4) is 0 Å². The maximum absolute atomic E-state index is 13.1. The number of ketones is 2. The number of benzene rings is 2.